The summed E-state index contributed by atoms with van der Waals surface area (Å²) in [7, 11) is 0. The highest BCUT2D eigenvalue weighted by Crippen LogP contribution is 2.24. The van der Waals surface area contributed by atoms with E-state index in [0.717, 1.165) is 35.7 Å². The van der Waals surface area contributed by atoms with Gasteiger partial charge < -0.3 is 10.3 Å². The highest BCUT2D eigenvalue weighted by atomic mass is 35.5. The Hall–Kier alpha value is -1.46. The number of benzene rings is 1. The highest BCUT2D eigenvalue weighted by Gasteiger charge is 2.14. The van der Waals surface area contributed by atoms with Crippen molar-refractivity contribution in [1.29, 1.82) is 0 Å². The summed E-state index contributed by atoms with van der Waals surface area (Å²) in [5.41, 5.74) is 0.747. The van der Waals surface area contributed by atoms with Crippen molar-refractivity contribution >= 4 is 29.2 Å². The maximum Gasteiger partial charge on any atom is 0.256 e. The Morgan fingerprint density at radius 3 is 3.15 bits per heavy atom. The summed E-state index contributed by atoms with van der Waals surface area (Å²) in [6.45, 7) is 0.879. The van der Waals surface area contributed by atoms with E-state index in [2.05, 4.69) is 15.3 Å². The lowest BCUT2D eigenvalue weighted by Crippen LogP contribution is -2.24. The van der Waals surface area contributed by atoms with E-state index in [0.29, 0.717) is 16.6 Å². The van der Waals surface area contributed by atoms with Gasteiger partial charge in [-0.1, -0.05) is 17.7 Å². The predicted octanol–water partition coefficient (Wildman–Crippen LogP) is 3.07. The number of hydrogen-bond acceptors (Lipinski definition) is 4. The molecule has 4 nitrogen and oxygen atoms in total. The lowest BCUT2D eigenvalue weighted by molar-refractivity contribution is 0.789. The van der Waals surface area contributed by atoms with Gasteiger partial charge in [0.25, 0.3) is 5.56 Å². The van der Waals surface area contributed by atoms with Gasteiger partial charge in [-0.15, -0.1) is 11.8 Å². The Labute approximate surface area is 126 Å². The number of nitrogens with one attached hydrogen (secondary N) is 2. The average Bonchev–Trinajstić information content (AvgIpc) is 2.45. The van der Waals surface area contributed by atoms with Crippen molar-refractivity contribution < 1.29 is 0 Å². The molecular formula is C14H14ClN3OS. The summed E-state index contributed by atoms with van der Waals surface area (Å²) >= 11 is 7.55. The van der Waals surface area contributed by atoms with Crippen LogP contribution >= 0.6 is 23.4 Å². The van der Waals surface area contributed by atoms with Crippen LogP contribution in [0.2, 0.25) is 5.02 Å². The van der Waals surface area contributed by atoms with E-state index in [1.165, 1.54) is 0 Å². The standard InChI is InChI=1S/C14H14ClN3OS/c15-9-3-1-4-10(7-9)20-8-12-17-13-11(14(19)18-12)5-2-6-16-13/h1,3-4,7H,2,5-6,8H2,(H2,16,17,18,19). The average molecular weight is 308 g/mol. The van der Waals surface area contributed by atoms with Crippen LogP contribution in [0.3, 0.4) is 0 Å². The molecule has 2 heterocycles. The number of H-pyrrole nitrogens is 1. The summed E-state index contributed by atoms with van der Waals surface area (Å²) in [5.74, 6) is 2.04. The van der Waals surface area contributed by atoms with E-state index in [-0.39, 0.29) is 5.56 Å². The van der Waals surface area contributed by atoms with E-state index >= 15 is 0 Å². The molecule has 0 aliphatic carbocycles. The number of fused-ring (bicyclic) bond motifs is 1. The first-order valence-corrected chi connectivity index (χ1v) is 7.83. The van der Waals surface area contributed by atoms with Crippen LogP contribution in [-0.2, 0) is 12.2 Å². The molecule has 1 aliphatic rings. The molecule has 6 heteroatoms. The van der Waals surface area contributed by atoms with Gasteiger partial charge in [0, 0.05) is 16.5 Å². The second-order valence-corrected chi connectivity index (χ2v) is 6.10. The molecule has 2 aromatic rings. The second-order valence-electron chi connectivity index (χ2n) is 4.62. The second kappa shape index (κ2) is 5.89. The molecule has 20 heavy (non-hydrogen) atoms. The normalized spacial score (nSPS) is 13.7. The molecule has 0 radical (unpaired) electrons. The molecule has 0 atom stereocenters. The molecule has 104 valence electrons. The molecule has 3 rings (SSSR count). The van der Waals surface area contributed by atoms with E-state index in [1.807, 2.05) is 24.3 Å². The fraction of sp³-hybridized carbons (Fsp3) is 0.286. The van der Waals surface area contributed by atoms with Crippen molar-refractivity contribution in [2.75, 3.05) is 11.9 Å². The highest BCUT2D eigenvalue weighted by molar-refractivity contribution is 7.98. The van der Waals surface area contributed by atoms with Gasteiger partial charge in [-0.2, -0.15) is 0 Å². The zero-order chi connectivity index (χ0) is 13.9. The van der Waals surface area contributed by atoms with Gasteiger partial charge in [-0.25, -0.2) is 4.98 Å². The summed E-state index contributed by atoms with van der Waals surface area (Å²) < 4.78 is 0. The van der Waals surface area contributed by atoms with Crippen molar-refractivity contribution in [3.63, 3.8) is 0 Å². The maximum absolute atomic E-state index is 12.0. The molecule has 2 N–H and O–H groups in total. The van der Waals surface area contributed by atoms with Crippen LogP contribution in [0, 0.1) is 0 Å². The number of thioether (sulfide) groups is 1. The first-order valence-electron chi connectivity index (χ1n) is 6.47. The minimum Gasteiger partial charge on any atom is -0.370 e. The number of aromatic nitrogens is 2. The van der Waals surface area contributed by atoms with Gasteiger partial charge >= 0.3 is 0 Å². The zero-order valence-electron chi connectivity index (χ0n) is 10.8. The number of rotatable bonds is 3. The summed E-state index contributed by atoms with van der Waals surface area (Å²) in [6, 6.07) is 7.65. The van der Waals surface area contributed by atoms with Crippen molar-refractivity contribution in [1.82, 2.24) is 9.97 Å². The summed E-state index contributed by atoms with van der Waals surface area (Å²) in [6.07, 6.45) is 1.78. The van der Waals surface area contributed by atoms with Gasteiger partial charge in [0.1, 0.15) is 11.6 Å². The van der Waals surface area contributed by atoms with Gasteiger partial charge in [0.15, 0.2) is 0 Å². The topological polar surface area (TPSA) is 57.8 Å². The lowest BCUT2D eigenvalue weighted by atomic mass is 10.1. The molecule has 0 unspecified atom stereocenters. The molecule has 0 saturated carbocycles. The molecule has 1 aliphatic heterocycles. The van der Waals surface area contributed by atoms with Gasteiger partial charge in [0.05, 0.1) is 11.3 Å². The molecule has 1 aromatic carbocycles. The van der Waals surface area contributed by atoms with Crippen molar-refractivity contribution in [2.24, 2.45) is 0 Å². The molecule has 1 aromatic heterocycles. The van der Waals surface area contributed by atoms with Crippen molar-refractivity contribution in [3.8, 4) is 0 Å². The third kappa shape index (κ3) is 2.99. The van der Waals surface area contributed by atoms with Crippen LogP contribution in [0.5, 0.6) is 0 Å². The summed E-state index contributed by atoms with van der Waals surface area (Å²) in [5, 5.41) is 3.90. The van der Waals surface area contributed by atoms with Crippen LogP contribution in [0.1, 0.15) is 17.8 Å². The molecule has 0 fully saturated rings. The first kappa shape index (κ1) is 13.5. The van der Waals surface area contributed by atoms with E-state index in [9.17, 15) is 4.79 Å². The van der Waals surface area contributed by atoms with Gasteiger partial charge in [-0.05, 0) is 31.0 Å². The molecule has 0 amide bonds. The van der Waals surface area contributed by atoms with Gasteiger partial charge in [0.2, 0.25) is 0 Å². The Kier molecular flexibility index (Phi) is 3.98. The number of aromatic amines is 1. The Morgan fingerprint density at radius 2 is 2.30 bits per heavy atom. The van der Waals surface area contributed by atoms with Crippen molar-refractivity contribution in [2.45, 2.75) is 23.5 Å². The monoisotopic (exact) mass is 307 g/mol. The van der Waals surface area contributed by atoms with Crippen LogP contribution < -0.4 is 10.9 Å². The number of halogens is 1. The van der Waals surface area contributed by atoms with Crippen LogP contribution in [0.25, 0.3) is 0 Å². The number of hydrogen-bond donors (Lipinski definition) is 2. The van der Waals surface area contributed by atoms with Crippen LogP contribution in [-0.4, -0.2) is 16.5 Å². The fourth-order valence-electron chi connectivity index (χ4n) is 2.17. The maximum atomic E-state index is 12.0. The molecule has 0 spiro atoms. The molecule has 0 saturated heterocycles. The van der Waals surface area contributed by atoms with Crippen LogP contribution in [0.4, 0.5) is 5.82 Å². The Balaban J connectivity index is 1.78. The quantitative estimate of drug-likeness (QED) is 0.856. The first-order chi connectivity index (χ1) is 9.72. The minimum absolute atomic E-state index is 0.0242. The van der Waals surface area contributed by atoms with Crippen molar-refractivity contribution in [3.05, 3.63) is 51.0 Å². The van der Waals surface area contributed by atoms with Crippen LogP contribution in [0.15, 0.2) is 34.0 Å². The van der Waals surface area contributed by atoms with E-state index in [1.54, 1.807) is 11.8 Å². The Morgan fingerprint density at radius 1 is 1.40 bits per heavy atom. The lowest BCUT2D eigenvalue weighted by Gasteiger charge is -2.16. The minimum atomic E-state index is -0.0242. The smallest absolute Gasteiger partial charge is 0.256 e. The number of nitrogens with zero attached hydrogens (tertiary/aromatic N) is 1. The predicted molar refractivity (Wildman–Crippen MR) is 82.7 cm³/mol. The van der Waals surface area contributed by atoms with E-state index < -0.39 is 0 Å². The van der Waals surface area contributed by atoms with E-state index in [4.69, 9.17) is 11.6 Å². The fourth-order valence-corrected chi connectivity index (χ4v) is 3.25. The molecular weight excluding hydrogens is 294 g/mol. The largest absolute Gasteiger partial charge is 0.370 e. The third-order valence-corrected chi connectivity index (χ3v) is 4.37. The Bertz CT molecular complexity index is 686. The zero-order valence-corrected chi connectivity index (χ0v) is 12.4. The third-order valence-electron chi connectivity index (χ3n) is 3.13. The summed E-state index contributed by atoms with van der Waals surface area (Å²) in [4.78, 5) is 20.4. The van der Waals surface area contributed by atoms with Gasteiger partial charge in [-0.3, -0.25) is 4.79 Å². The number of anilines is 1. The molecule has 0 bridgehead atoms. The SMILES string of the molecule is O=c1[nH]c(CSc2cccc(Cl)c2)nc2c1CCCN2.